The number of rotatable bonds is 5. The summed E-state index contributed by atoms with van der Waals surface area (Å²) in [6.07, 6.45) is 12.5. The molecule has 0 aromatic carbocycles. The molecule has 4 aliphatic rings. The van der Waals surface area contributed by atoms with Crippen LogP contribution in [-0.4, -0.2) is 29.0 Å². The average molecular weight is 297 g/mol. The van der Waals surface area contributed by atoms with Gasteiger partial charge in [-0.15, -0.1) is 0 Å². The van der Waals surface area contributed by atoms with Gasteiger partial charge in [-0.1, -0.05) is 30.4 Å². The van der Waals surface area contributed by atoms with E-state index in [4.69, 9.17) is 0 Å². The molecule has 4 rings (SSSR count). The van der Waals surface area contributed by atoms with Crippen molar-refractivity contribution in [1.82, 2.24) is 4.90 Å². The van der Waals surface area contributed by atoms with Crippen LogP contribution in [0.25, 0.3) is 0 Å². The molecule has 2 bridgehead atoms. The molecular weight excluding hydrogens is 278 g/mol. The first-order valence-electron chi connectivity index (χ1n) is 8.09. The molecule has 0 N–H and O–H groups in total. The number of carbonyl (C=O) groups is 3. The van der Waals surface area contributed by atoms with Gasteiger partial charge in [0.2, 0.25) is 11.8 Å². The number of Topliss-reactive ketones (excluding diaryl/α,β-unsaturated/α-hetero) is 1. The molecule has 0 spiro atoms. The Hall–Kier alpha value is -1.97. The van der Waals surface area contributed by atoms with E-state index in [2.05, 4.69) is 12.2 Å². The molecule has 4 heteroatoms. The van der Waals surface area contributed by atoms with Crippen molar-refractivity contribution in [3.05, 3.63) is 36.0 Å². The first kappa shape index (κ1) is 13.7. The minimum atomic E-state index is -0.125. The van der Waals surface area contributed by atoms with Crippen LogP contribution in [0.4, 0.5) is 0 Å². The summed E-state index contributed by atoms with van der Waals surface area (Å²) >= 11 is 0. The van der Waals surface area contributed by atoms with Crippen LogP contribution in [-0.2, 0) is 14.4 Å². The monoisotopic (exact) mass is 297 g/mol. The van der Waals surface area contributed by atoms with Gasteiger partial charge in [0.15, 0.2) is 5.78 Å². The third-order valence-corrected chi connectivity index (χ3v) is 5.48. The van der Waals surface area contributed by atoms with Crippen molar-refractivity contribution >= 4 is 17.6 Å². The van der Waals surface area contributed by atoms with Gasteiger partial charge >= 0.3 is 0 Å². The van der Waals surface area contributed by atoms with Crippen molar-refractivity contribution in [2.45, 2.75) is 25.7 Å². The Balaban J connectivity index is 1.35. The fourth-order valence-corrected chi connectivity index (χ4v) is 4.40. The van der Waals surface area contributed by atoms with Crippen molar-refractivity contribution in [3.63, 3.8) is 0 Å². The van der Waals surface area contributed by atoms with E-state index < -0.39 is 0 Å². The molecule has 1 saturated carbocycles. The highest BCUT2D eigenvalue weighted by Crippen LogP contribution is 2.52. The van der Waals surface area contributed by atoms with Crippen LogP contribution >= 0.6 is 0 Å². The lowest BCUT2D eigenvalue weighted by Crippen LogP contribution is -2.34. The Morgan fingerprint density at radius 1 is 1.14 bits per heavy atom. The molecule has 4 unspecified atom stereocenters. The molecule has 0 aromatic rings. The smallest absolute Gasteiger partial charge is 0.233 e. The number of hydrogen-bond donors (Lipinski definition) is 0. The van der Waals surface area contributed by atoms with Crippen molar-refractivity contribution in [2.75, 3.05) is 6.54 Å². The Morgan fingerprint density at radius 2 is 1.82 bits per heavy atom. The van der Waals surface area contributed by atoms with Crippen LogP contribution in [0.5, 0.6) is 0 Å². The van der Waals surface area contributed by atoms with Crippen LogP contribution < -0.4 is 0 Å². The Kier molecular flexibility index (Phi) is 3.13. The standard InChI is InChI=1S/C18H19NO3/c20-14(11-4-1-2-5-11)6-3-9-19-17(21)15-12-7-8-13(10-12)16(15)18(19)22/h1-2,4,7-8,12-13,15-16H,3,5-6,9-10H2. The quantitative estimate of drug-likeness (QED) is 0.576. The van der Waals surface area contributed by atoms with Crippen molar-refractivity contribution < 1.29 is 14.4 Å². The molecule has 1 heterocycles. The molecular formula is C18H19NO3. The number of allylic oxidation sites excluding steroid dienone is 6. The molecule has 0 aromatic heterocycles. The summed E-state index contributed by atoms with van der Waals surface area (Å²) in [4.78, 5) is 38.4. The van der Waals surface area contributed by atoms with Crippen LogP contribution in [0.2, 0.25) is 0 Å². The minimum Gasteiger partial charge on any atom is -0.295 e. The number of amides is 2. The molecule has 1 aliphatic heterocycles. The van der Waals surface area contributed by atoms with Gasteiger partial charge in [0.05, 0.1) is 11.8 Å². The number of ketones is 1. The maximum absolute atomic E-state index is 12.5. The van der Waals surface area contributed by atoms with E-state index in [0.29, 0.717) is 25.8 Å². The second-order valence-corrected chi connectivity index (χ2v) is 6.68. The third-order valence-electron chi connectivity index (χ3n) is 5.48. The molecule has 114 valence electrons. The average Bonchev–Trinajstić information content (AvgIpc) is 3.27. The van der Waals surface area contributed by atoms with Gasteiger partial charge < -0.3 is 0 Å². The van der Waals surface area contributed by atoms with Gasteiger partial charge in [-0.05, 0) is 36.7 Å². The summed E-state index contributed by atoms with van der Waals surface area (Å²) in [5.74, 6) is 0.369. The topological polar surface area (TPSA) is 54.5 Å². The van der Waals surface area contributed by atoms with Gasteiger partial charge in [-0.2, -0.15) is 0 Å². The van der Waals surface area contributed by atoms with E-state index in [-0.39, 0.29) is 41.3 Å². The highest BCUT2D eigenvalue weighted by atomic mass is 16.2. The highest BCUT2D eigenvalue weighted by molar-refractivity contribution is 6.06. The number of fused-ring (bicyclic) bond motifs is 5. The molecule has 4 nitrogen and oxygen atoms in total. The number of nitrogens with zero attached hydrogens (tertiary/aromatic N) is 1. The molecule has 3 aliphatic carbocycles. The minimum absolute atomic E-state index is 0.0129. The van der Waals surface area contributed by atoms with E-state index in [1.165, 1.54) is 4.90 Å². The maximum atomic E-state index is 12.5. The Labute approximate surface area is 129 Å². The second-order valence-electron chi connectivity index (χ2n) is 6.68. The summed E-state index contributed by atoms with van der Waals surface area (Å²) in [6.45, 7) is 0.385. The lowest BCUT2D eigenvalue weighted by Gasteiger charge is -2.16. The van der Waals surface area contributed by atoms with Crippen LogP contribution in [0, 0.1) is 23.7 Å². The zero-order valence-electron chi connectivity index (χ0n) is 12.4. The van der Waals surface area contributed by atoms with E-state index in [9.17, 15) is 14.4 Å². The van der Waals surface area contributed by atoms with E-state index in [1.807, 2.05) is 18.2 Å². The van der Waals surface area contributed by atoms with Crippen LogP contribution in [0.3, 0.4) is 0 Å². The molecule has 0 radical (unpaired) electrons. The first-order valence-corrected chi connectivity index (χ1v) is 8.09. The lowest BCUT2D eigenvalue weighted by molar-refractivity contribution is -0.141. The molecule has 4 atom stereocenters. The zero-order valence-corrected chi connectivity index (χ0v) is 12.4. The SMILES string of the molecule is O=C(CCCN1C(=O)C2C3C=CC(C3)C2C1=O)C1=CC=CC1. The van der Waals surface area contributed by atoms with Gasteiger partial charge in [0, 0.05) is 13.0 Å². The molecule has 22 heavy (non-hydrogen) atoms. The lowest BCUT2D eigenvalue weighted by atomic mass is 9.85. The maximum Gasteiger partial charge on any atom is 0.233 e. The van der Waals surface area contributed by atoms with E-state index in [0.717, 1.165) is 12.0 Å². The summed E-state index contributed by atoms with van der Waals surface area (Å²) in [5.41, 5.74) is 0.832. The largest absolute Gasteiger partial charge is 0.295 e. The van der Waals surface area contributed by atoms with Crippen molar-refractivity contribution in [2.24, 2.45) is 23.7 Å². The predicted molar refractivity (Wildman–Crippen MR) is 80.5 cm³/mol. The fourth-order valence-electron chi connectivity index (χ4n) is 4.40. The normalized spacial score (nSPS) is 34.7. The Bertz CT molecular complexity index is 613. The zero-order chi connectivity index (χ0) is 15.3. The van der Waals surface area contributed by atoms with E-state index in [1.54, 1.807) is 0 Å². The number of carbonyl (C=O) groups excluding carboxylic acids is 3. The van der Waals surface area contributed by atoms with Gasteiger partial charge in [-0.3, -0.25) is 19.3 Å². The van der Waals surface area contributed by atoms with Gasteiger partial charge in [0.25, 0.3) is 0 Å². The summed E-state index contributed by atoms with van der Waals surface area (Å²) in [5, 5.41) is 0. The highest BCUT2D eigenvalue weighted by Gasteiger charge is 2.58. The predicted octanol–water partition coefficient (Wildman–Crippen LogP) is 2.03. The van der Waals surface area contributed by atoms with E-state index >= 15 is 0 Å². The van der Waals surface area contributed by atoms with Crippen LogP contribution in [0.1, 0.15) is 25.7 Å². The second kappa shape index (κ2) is 5.04. The Morgan fingerprint density at radius 3 is 2.41 bits per heavy atom. The first-order chi connectivity index (χ1) is 10.7. The number of likely N-dealkylation sites (tertiary alicyclic amines) is 1. The summed E-state index contributed by atoms with van der Waals surface area (Å²) in [7, 11) is 0. The molecule has 2 amide bonds. The molecule has 2 fully saturated rings. The van der Waals surface area contributed by atoms with Gasteiger partial charge in [0.1, 0.15) is 0 Å². The van der Waals surface area contributed by atoms with Crippen molar-refractivity contribution in [3.8, 4) is 0 Å². The van der Waals surface area contributed by atoms with Gasteiger partial charge in [-0.25, -0.2) is 0 Å². The molecule has 1 saturated heterocycles. The fraction of sp³-hybridized carbons (Fsp3) is 0.500. The summed E-state index contributed by atoms with van der Waals surface area (Å²) < 4.78 is 0. The number of hydrogen-bond acceptors (Lipinski definition) is 3. The third kappa shape index (κ3) is 1.93. The number of imide groups is 1. The van der Waals surface area contributed by atoms with Crippen molar-refractivity contribution in [1.29, 1.82) is 0 Å². The van der Waals surface area contributed by atoms with Crippen LogP contribution in [0.15, 0.2) is 36.0 Å². The summed E-state index contributed by atoms with van der Waals surface area (Å²) in [6, 6.07) is 0.